The topological polar surface area (TPSA) is 77.1 Å². The van der Waals surface area contributed by atoms with Gasteiger partial charge in [0.2, 0.25) is 0 Å². The zero-order chi connectivity index (χ0) is 12.4. The van der Waals surface area contributed by atoms with Crippen molar-refractivity contribution in [2.45, 2.75) is 20.0 Å². The SMILES string of the molecule is CCn1cc(-c2csc(=O)n2CC(=O)O)cn1. The predicted octanol–water partition coefficient (Wildman–Crippen LogP) is 0.878. The van der Waals surface area contributed by atoms with E-state index in [-0.39, 0.29) is 11.4 Å². The molecule has 6 nitrogen and oxygen atoms in total. The van der Waals surface area contributed by atoms with Crippen LogP contribution in [0.2, 0.25) is 0 Å². The minimum Gasteiger partial charge on any atom is -0.480 e. The maximum atomic E-state index is 11.5. The van der Waals surface area contributed by atoms with E-state index in [0.29, 0.717) is 5.69 Å². The number of thiazole rings is 1. The monoisotopic (exact) mass is 253 g/mol. The summed E-state index contributed by atoms with van der Waals surface area (Å²) in [6.45, 7) is 2.36. The van der Waals surface area contributed by atoms with Crippen molar-refractivity contribution in [1.29, 1.82) is 0 Å². The van der Waals surface area contributed by atoms with Crippen molar-refractivity contribution in [3.05, 3.63) is 27.4 Å². The molecule has 1 N–H and O–H groups in total. The number of carboxylic acids is 1. The standard InChI is InChI=1S/C10H11N3O3S/c1-2-12-4-7(3-11-12)8-6-17-10(16)13(8)5-9(14)15/h3-4,6H,2,5H2,1H3,(H,14,15). The van der Waals surface area contributed by atoms with Crippen LogP contribution in [-0.4, -0.2) is 25.4 Å². The highest BCUT2D eigenvalue weighted by molar-refractivity contribution is 7.07. The fraction of sp³-hybridized carbons (Fsp3) is 0.300. The van der Waals surface area contributed by atoms with Crippen LogP contribution in [0.1, 0.15) is 6.92 Å². The maximum absolute atomic E-state index is 11.5. The van der Waals surface area contributed by atoms with Gasteiger partial charge in [0.15, 0.2) is 0 Å². The Balaban J connectivity index is 2.44. The van der Waals surface area contributed by atoms with Crippen molar-refractivity contribution in [3.63, 3.8) is 0 Å². The first-order chi connectivity index (χ1) is 8.11. The average molecular weight is 253 g/mol. The van der Waals surface area contributed by atoms with E-state index in [4.69, 9.17) is 5.11 Å². The Bertz CT molecular complexity index is 596. The van der Waals surface area contributed by atoms with Crippen molar-refractivity contribution in [1.82, 2.24) is 14.3 Å². The quantitative estimate of drug-likeness (QED) is 0.877. The van der Waals surface area contributed by atoms with Crippen LogP contribution in [0, 0.1) is 0 Å². The summed E-state index contributed by atoms with van der Waals surface area (Å²) in [7, 11) is 0. The molecule has 0 fully saturated rings. The number of aliphatic carboxylic acids is 1. The second kappa shape index (κ2) is 4.54. The third kappa shape index (κ3) is 2.28. The molecule has 0 aliphatic heterocycles. The van der Waals surface area contributed by atoms with Crippen LogP contribution in [0.4, 0.5) is 0 Å². The van der Waals surface area contributed by atoms with E-state index < -0.39 is 5.97 Å². The molecule has 90 valence electrons. The predicted molar refractivity (Wildman–Crippen MR) is 63.1 cm³/mol. The molecule has 2 heterocycles. The minimum absolute atomic E-state index is 0.272. The van der Waals surface area contributed by atoms with Crippen LogP contribution >= 0.6 is 11.3 Å². The molecule has 0 aliphatic rings. The molecule has 7 heteroatoms. The van der Waals surface area contributed by atoms with Gasteiger partial charge in [-0.25, -0.2) is 0 Å². The van der Waals surface area contributed by atoms with Crippen LogP contribution in [0.5, 0.6) is 0 Å². The molecule has 0 bridgehead atoms. The van der Waals surface area contributed by atoms with E-state index in [1.807, 2.05) is 6.92 Å². The second-order valence-electron chi connectivity index (χ2n) is 3.45. The lowest BCUT2D eigenvalue weighted by Gasteiger charge is -2.01. The zero-order valence-electron chi connectivity index (χ0n) is 9.16. The molecular weight excluding hydrogens is 242 g/mol. The molecule has 2 aromatic rings. The lowest BCUT2D eigenvalue weighted by atomic mass is 10.3. The van der Waals surface area contributed by atoms with Gasteiger partial charge in [0.05, 0.1) is 11.9 Å². The largest absolute Gasteiger partial charge is 0.480 e. The summed E-state index contributed by atoms with van der Waals surface area (Å²) in [4.78, 5) is 21.9. The zero-order valence-corrected chi connectivity index (χ0v) is 9.98. The number of hydrogen-bond acceptors (Lipinski definition) is 4. The summed E-state index contributed by atoms with van der Waals surface area (Å²) in [5.41, 5.74) is 1.36. The van der Waals surface area contributed by atoms with Gasteiger partial charge in [-0.1, -0.05) is 11.3 Å². The first kappa shape index (κ1) is 11.6. The van der Waals surface area contributed by atoms with Gasteiger partial charge in [-0.15, -0.1) is 0 Å². The Morgan fingerprint density at radius 3 is 2.94 bits per heavy atom. The molecule has 2 rings (SSSR count). The first-order valence-electron chi connectivity index (χ1n) is 5.04. The molecule has 0 amide bonds. The van der Waals surface area contributed by atoms with Gasteiger partial charge in [-0.3, -0.25) is 18.8 Å². The molecule has 2 aromatic heterocycles. The average Bonchev–Trinajstić information content (AvgIpc) is 2.86. The van der Waals surface area contributed by atoms with Crippen LogP contribution in [0.25, 0.3) is 11.3 Å². The van der Waals surface area contributed by atoms with Crippen LogP contribution in [0.15, 0.2) is 22.6 Å². The number of rotatable bonds is 4. The van der Waals surface area contributed by atoms with Crippen molar-refractivity contribution in [3.8, 4) is 11.3 Å². The van der Waals surface area contributed by atoms with Gasteiger partial charge < -0.3 is 5.11 Å². The molecule has 0 atom stereocenters. The van der Waals surface area contributed by atoms with E-state index in [1.54, 1.807) is 22.5 Å². The second-order valence-corrected chi connectivity index (χ2v) is 4.27. The highest BCUT2D eigenvalue weighted by Gasteiger charge is 2.12. The third-order valence-electron chi connectivity index (χ3n) is 2.33. The van der Waals surface area contributed by atoms with Crippen molar-refractivity contribution < 1.29 is 9.90 Å². The Labute approximate surface area is 101 Å². The molecule has 0 aromatic carbocycles. The summed E-state index contributed by atoms with van der Waals surface area (Å²) in [5, 5.41) is 14.5. The van der Waals surface area contributed by atoms with Crippen molar-refractivity contribution >= 4 is 17.3 Å². The van der Waals surface area contributed by atoms with Gasteiger partial charge in [-0.2, -0.15) is 5.10 Å². The van der Waals surface area contributed by atoms with Gasteiger partial charge in [0.25, 0.3) is 0 Å². The third-order valence-corrected chi connectivity index (χ3v) is 3.09. The van der Waals surface area contributed by atoms with E-state index in [1.165, 1.54) is 4.57 Å². The number of carbonyl (C=O) groups is 1. The maximum Gasteiger partial charge on any atom is 0.323 e. The van der Waals surface area contributed by atoms with Crippen molar-refractivity contribution in [2.75, 3.05) is 0 Å². The molecule has 0 saturated carbocycles. The normalized spacial score (nSPS) is 10.6. The number of nitrogens with zero attached hydrogens (tertiary/aromatic N) is 3. The number of hydrogen-bond donors (Lipinski definition) is 1. The summed E-state index contributed by atoms with van der Waals surface area (Å²) in [6.07, 6.45) is 3.42. The van der Waals surface area contributed by atoms with Gasteiger partial charge >= 0.3 is 10.8 Å². The van der Waals surface area contributed by atoms with E-state index >= 15 is 0 Å². The summed E-state index contributed by atoms with van der Waals surface area (Å²) < 4.78 is 2.96. The molecule has 0 spiro atoms. The Kier molecular flexibility index (Phi) is 3.10. The van der Waals surface area contributed by atoms with E-state index in [0.717, 1.165) is 23.4 Å². The Morgan fingerprint density at radius 2 is 2.35 bits per heavy atom. The minimum atomic E-state index is -1.03. The fourth-order valence-electron chi connectivity index (χ4n) is 1.51. The summed E-state index contributed by atoms with van der Waals surface area (Å²) in [5.74, 6) is -1.03. The van der Waals surface area contributed by atoms with Gasteiger partial charge in [-0.05, 0) is 6.92 Å². The Hall–Kier alpha value is -1.89. The summed E-state index contributed by atoms with van der Waals surface area (Å²) >= 11 is 0.992. The molecule has 0 radical (unpaired) electrons. The number of aromatic nitrogens is 3. The van der Waals surface area contributed by atoms with Crippen LogP contribution in [0.3, 0.4) is 0 Å². The number of aryl methyl sites for hydroxylation is 1. The van der Waals surface area contributed by atoms with Crippen LogP contribution in [-0.2, 0) is 17.9 Å². The molecule has 0 saturated heterocycles. The Morgan fingerprint density at radius 1 is 1.59 bits per heavy atom. The smallest absolute Gasteiger partial charge is 0.323 e. The lowest BCUT2D eigenvalue weighted by molar-refractivity contribution is -0.137. The van der Waals surface area contributed by atoms with Crippen LogP contribution < -0.4 is 4.87 Å². The van der Waals surface area contributed by atoms with E-state index in [9.17, 15) is 9.59 Å². The first-order valence-corrected chi connectivity index (χ1v) is 5.92. The highest BCUT2D eigenvalue weighted by atomic mass is 32.1. The van der Waals surface area contributed by atoms with E-state index in [2.05, 4.69) is 5.10 Å². The fourth-order valence-corrected chi connectivity index (χ4v) is 2.28. The number of carboxylic acid groups (broad SMARTS) is 1. The molecule has 17 heavy (non-hydrogen) atoms. The molecule has 0 unspecified atom stereocenters. The highest BCUT2D eigenvalue weighted by Crippen LogP contribution is 2.19. The molecule has 0 aliphatic carbocycles. The molecular formula is C10H11N3O3S. The van der Waals surface area contributed by atoms with Gasteiger partial charge in [0, 0.05) is 23.7 Å². The van der Waals surface area contributed by atoms with Gasteiger partial charge in [0.1, 0.15) is 6.54 Å². The summed E-state index contributed by atoms with van der Waals surface area (Å²) in [6, 6.07) is 0. The van der Waals surface area contributed by atoms with Crippen molar-refractivity contribution in [2.24, 2.45) is 0 Å². The lowest BCUT2D eigenvalue weighted by Crippen LogP contribution is -2.19.